The van der Waals surface area contributed by atoms with Crippen molar-refractivity contribution in [3.63, 3.8) is 0 Å². The van der Waals surface area contributed by atoms with Gasteiger partial charge in [-0.15, -0.1) is 11.3 Å². The van der Waals surface area contributed by atoms with Crippen LogP contribution in [0.3, 0.4) is 0 Å². The fourth-order valence-corrected chi connectivity index (χ4v) is 4.84. The minimum absolute atomic E-state index is 0.115. The Morgan fingerprint density at radius 1 is 0.975 bits per heavy atom. The van der Waals surface area contributed by atoms with E-state index in [0.29, 0.717) is 27.3 Å². The zero-order chi connectivity index (χ0) is 30.0. The van der Waals surface area contributed by atoms with Gasteiger partial charge >= 0.3 is 24.4 Å². The van der Waals surface area contributed by atoms with Gasteiger partial charge in [-0.1, -0.05) is 24.3 Å². The third-order valence-electron chi connectivity index (χ3n) is 5.52. The molecule has 1 fully saturated rings. The van der Waals surface area contributed by atoms with Gasteiger partial charge in [0.15, 0.2) is 17.2 Å². The maximum Gasteiger partial charge on any atom is 0.509 e. The third kappa shape index (κ3) is 8.57. The number of hydrogen-bond acceptors (Lipinski definition) is 9. The molecule has 2 heterocycles. The van der Waals surface area contributed by atoms with E-state index in [-0.39, 0.29) is 13.0 Å². The first-order valence-electron chi connectivity index (χ1n) is 12.5. The van der Waals surface area contributed by atoms with Crippen molar-refractivity contribution in [2.75, 3.05) is 6.54 Å². The van der Waals surface area contributed by atoms with Gasteiger partial charge in [-0.2, -0.15) is 13.2 Å². The number of hydrogen-bond donors (Lipinski definition) is 0. The van der Waals surface area contributed by atoms with Crippen LogP contribution in [0.1, 0.15) is 59.0 Å². The summed E-state index contributed by atoms with van der Waals surface area (Å²) in [6.45, 7) is 11.2. The molecule has 40 heavy (non-hydrogen) atoms. The van der Waals surface area contributed by atoms with Gasteiger partial charge in [-0.3, -0.25) is 9.69 Å². The Kier molecular flexibility index (Phi) is 9.07. The molecule has 0 unspecified atom stereocenters. The highest BCUT2D eigenvalue weighted by Gasteiger charge is 2.50. The zero-order valence-electron chi connectivity index (χ0n) is 23.3. The number of halogens is 3. The number of esters is 1. The SMILES string of the molecule is CC(=O)O[C@@H]1[C@@H](OC(=O)OC(C)(C)C)CN(C(=O)OC(C)(C)C)[C@@H]1Cc1ccc(-c2cnc(C(F)(F)F)s2)cc1. The molecule has 1 amide bonds. The first-order valence-corrected chi connectivity index (χ1v) is 13.3. The van der Waals surface area contributed by atoms with E-state index in [1.165, 1.54) is 18.0 Å². The van der Waals surface area contributed by atoms with Crippen molar-refractivity contribution in [3.05, 3.63) is 41.0 Å². The van der Waals surface area contributed by atoms with Crippen LogP contribution in [0, 0.1) is 0 Å². The second-order valence-electron chi connectivity index (χ2n) is 11.3. The van der Waals surface area contributed by atoms with Gasteiger partial charge in [0.1, 0.15) is 11.2 Å². The van der Waals surface area contributed by atoms with Gasteiger partial charge in [-0.25, -0.2) is 14.6 Å². The van der Waals surface area contributed by atoms with E-state index in [1.54, 1.807) is 65.8 Å². The summed E-state index contributed by atoms with van der Waals surface area (Å²) in [7, 11) is 0. The molecule has 1 aliphatic rings. The van der Waals surface area contributed by atoms with Crippen molar-refractivity contribution in [2.24, 2.45) is 0 Å². The Bertz CT molecular complexity index is 1220. The van der Waals surface area contributed by atoms with Gasteiger partial charge in [-0.05, 0) is 59.1 Å². The van der Waals surface area contributed by atoms with Crippen LogP contribution in [0.5, 0.6) is 0 Å². The second-order valence-corrected chi connectivity index (χ2v) is 12.4. The lowest BCUT2D eigenvalue weighted by atomic mass is 9.99. The molecule has 220 valence electrons. The van der Waals surface area contributed by atoms with Crippen molar-refractivity contribution in [1.82, 2.24) is 9.88 Å². The van der Waals surface area contributed by atoms with Crippen LogP contribution in [-0.4, -0.2) is 64.1 Å². The van der Waals surface area contributed by atoms with Crippen LogP contribution in [0.4, 0.5) is 22.8 Å². The maximum absolute atomic E-state index is 13.2. The molecule has 0 bridgehead atoms. The van der Waals surface area contributed by atoms with Gasteiger partial charge in [0.2, 0.25) is 0 Å². The minimum Gasteiger partial charge on any atom is -0.456 e. The largest absolute Gasteiger partial charge is 0.509 e. The molecule has 0 N–H and O–H groups in total. The monoisotopic (exact) mass is 586 g/mol. The summed E-state index contributed by atoms with van der Waals surface area (Å²) in [4.78, 5) is 42.8. The topological polar surface area (TPSA) is 104 Å². The number of benzene rings is 1. The molecule has 0 radical (unpaired) electrons. The highest BCUT2D eigenvalue weighted by Crippen LogP contribution is 2.37. The first-order chi connectivity index (χ1) is 18.3. The Balaban J connectivity index is 1.89. The highest BCUT2D eigenvalue weighted by atomic mass is 32.1. The smallest absolute Gasteiger partial charge is 0.456 e. The van der Waals surface area contributed by atoms with Crippen molar-refractivity contribution >= 4 is 29.6 Å². The van der Waals surface area contributed by atoms with Crippen LogP contribution in [0.2, 0.25) is 0 Å². The molecular formula is C27H33F3N2O7S. The molecule has 2 aromatic rings. The van der Waals surface area contributed by atoms with Gasteiger partial charge in [0.25, 0.3) is 0 Å². The summed E-state index contributed by atoms with van der Waals surface area (Å²) >= 11 is 0.535. The number of likely N-dealkylation sites (tertiary alicyclic amines) is 1. The van der Waals surface area contributed by atoms with E-state index in [2.05, 4.69) is 4.98 Å². The molecule has 0 saturated carbocycles. The van der Waals surface area contributed by atoms with Gasteiger partial charge in [0, 0.05) is 13.1 Å². The number of nitrogens with zero attached hydrogens (tertiary/aromatic N) is 2. The van der Waals surface area contributed by atoms with E-state index < -0.39 is 58.9 Å². The number of thiazole rings is 1. The normalized spacial score (nSPS) is 19.8. The van der Waals surface area contributed by atoms with Gasteiger partial charge < -0.3 is 18.9 Å². The Morgan fingerprint density at radius 3 is 2.08 bits per heavy atom. The van der Waals surface area contributed by atoms with Crippen LogP contribution >= 0.6 is 11.3 Å². The van der Waals surface area contributed by atoms with Crippen molar-refractivity contribution < 1.29 is 46.5 Å². The predicted molar refractivity (Wildman–Crippen MR) is 140 cm³/mol. The van der Waals surface area contributed by atoms with Crippen LogP contribution in [-0.2, 0) is 36.3 Å². The molecule has 1 aromatic heterocycles. The van der Waals surface area contributed by atoms with Crippen molar-refractivity contribution in [3.8, 4) is 10.4 Å². The molecule has 1 aromatic carbocycles. The lowest BCUT2D eigenvalue weighted by molar-refractivity contribution is -0.153. The van der Waals surface area contributed by atoms with E-state index >= 15 is 0 Å². The van der Waals surface area contributed by atoms with E-state index in [1.807, 2.05) is 0 Å². The number of ether oxygens (including phenoxy) is 4. The molecule has 13 heteroatoms. The Hall–Kier alpha value is -3.35. The Labute approximate surface area is 234 Å². The van der Waals surface area contributed by atoms with Crippen LogP contribution < -0.4 is 0 Å². The Morgan fingerprint density at radius 2 is 1.57 bits per heavy atom. The third-order valence-corrected chi connectivity index (χ3v) is 6.61. The highest BCUT2D eigenvalue weighted by molar-refractivity contribution is 7.15. The zero-order valence-corrected chi connectivity index (χ0v) is 24.1. The molecule has 3 atom stereocenters. The second kappa shape index (κ2) is 11.6. The first kappa shape index (κ1) is 31.2. The summed E-state index contributed by atoms with van der Waals surface area (Å²) in [5.41, 5.74) is -0.431. The van der Waals surface area contributed by atoms with Crippen molar-refractivity contribution in [1.29, 1.82) is 0 Å². The molecular weight excluding hydrogens is 553 g/mol. The van der Waals surface area contributed by atoms with E-state index in [9.17, 15) is 27.6 Å². The van der Waals surface area contributed by atoms with Gasteiger partial charge in [0.05, 0.1) is 17.5 Å². The average molecular weight is 587 g/mol. The maximum atomic E-state index is 13.2. The van der Waals surface area contributed by atoms with Crippen LogP contribution in [0.25, 0.3) is 10.4 Å². The number of rotatable bonds is 5. The number of carbonyl (C=O) groups is 3. The summed E-state index contributed by atoms with van der Waals surface area (Å²) in [5.74, 6) is -0.639. The lowest BCUT2D eigenvalue weighted by Gasteiger charge is -2.30. The molecule has 1 aliphatic heterocycles. The fourth-order valence-electron chi connectivity index (χ4n) is 4.05. The summed E-state index contributed by atoms with van der Waals surface area (Å²) in [6.07, 6.45) is -6.93. The standard InChI is InChI=1S/C27H33F3N2O7S/c1-15(33)36-21-18(12-16-8-10-17(11-9-16)20-13-31-22(40-20)27(28,29)30)32(23(34)38-25(2,3)4)14-19(21)37-24(35)39-26(5,6)7/h8-11,13,18-19,21H,12,14H2,1-7H3/t18-,19+,21+/m1/s1. The number of alkyl halides is 3. The molecule has 1 saturated heterocycles. The quantitative estimate of drug-likeness (QED) is 0.300. The fraction of sp³-hybridized carbons (Fsp3) is 0.556. The average Bonchev–Trinajstić information content (AvgIpc) is 3.38. The number of carbonyl (C=O) groups excluding carboxylic acids is 3. The lowest BCUT2D eigenvalue weighted by Crippen LogP contribution is -2.45. The number of aromatic nitrogens is 1. The minimum atomic E-state index is -4.53. The summed E-state index contributed by atoms with van der Waals surface area (Å²) < 4.78 is 60.7. The predicted octanol–water partition coefficient (Wildman–Crippen LogP) is 6.24. The molecule has 3 rings (SSSR count). The summed E-state index contributed by atoms with van der Waals surface area (Å²) in [5, 5.41) is -0.939. The van der Waals surface area contributed by atoms with Crippen molar-refractivity contribution in [2.45, 2.75) is 90.5 Å². The molecule has 0 aliphatic carbocycles. The molecule has 0 spiro atoms. The summed E-state index contributed by atoms with van der Waals surface area (Å²) in [6, 6.07) is 5.90. The van der Waals surface area contributed by atoms with E-state index in [4.69, 9.17) is 18.9 Å². The van der Waals surface area contributed by atoms with Crippen LogP contribution in [0.15, 0.2) is 30.5 Å². The number of amides is 1. The van der Waals surface area contributed by atoms with E-state index in [0.717, 1.165) is 0 Å². The molecule has 9 nitrogen and oxygen atoms in total.